The lowest BCUT2D eigenvalue weighted by Gasteiger charge is -2.05. The smallest absolute Gasteiger partial charge is 0.0424 e. The van der Waals surface area contributed by atoms with E-state index in [9.17, 15) is 0 Å². The summed E-state index contributed by atoms with van der Waals surface area (Å²) in [5, 5.41) is 0. The Labute approximate surface area is 62.9 Å². The van der Waals surface area contributed by atoms with Gasteiger partial charge >= 0.3 is 0 Å². The summed E-state index contributed by atoms with van der Waals surface area (Å²) in [5.41, 5.74) is 1.25. The summed E-state index contributed by atoms with van der Waals surface area (Å²) in [6, 6.07) is 0. The van der Waals surface area contributed by atoms with Gasteiger partial charge in [-0.2, -0.15) is 0 Å². The molecule has 1 aliphatic rings. The van der Waals surface area contributed by atoms with E-state index in [0.29, 0.717) is 0 Å². The minimum atomic E-state index is -0.948. The Balaban J connectivity index is 2.72. The highest BCUT2D eigenvalue weighted by atomic mass is 31.2. The molecule has 0 saturated carbocycles. The second kappa shape index (κ2) is 2.75. The van der Waals surface area contributed by atoms with Gasteiger partial charge in [0, 0.05) is 12.1 Å². The minimum absolute atomic E-state index is 0.948. The van der Waals surface area contributed by atoms with Gasteiger partial charge in [-0.1, -0.05) is 12.2 Å². The van der Waals surface area contributed by atoms with Crippen LogP contribution in [0.15, 0.2) is 28.7 Å². The topological polar surface area (TPSA) is 12.4 Å². The number of hydrogen-bond donors (Lipinski definition) is 0. The number of allylic oxidation sites excluding steroid dienone is 3. The van der Waals surface area contributed by atoms with E-state index in [0.717, 1.165) is 6.42 Å². The van der Waals surface area contributed by atoms with Crippen molar-refractivity contribution in [3.05, 3.63) is 23.9 Å². The first-order chi connectivity index (χ1) is 4.58. The fourth-order valence-corrected chi connectivity index (χ4v) is 1.81. The van der Waals surface area contributed by atoms with Crippen LogP contribution in [0.25, 0.3) is 0 Å². The van der Waals surface area contributed by atoms with E-state index < -0.39 is 7.05 Å². The van der Waals surface area contributed by atoms with Crippen LogP contribution in [-0.2, 0) is 0 Å². The molecule has 0 aromatic rings. The summed E-state index contributed by atoms with van der Waals surface area (Å²) in [6.45, 7) is 6.68. The summed E-state index contributed by atoms with van der Waals surface area (Å²) < 4.78 is 4.62. The van der Waals surface area contributed by atoms with E-state index in [-0.39, 0.29) is 0 Å². The van der Waals surface area contributed by atoms with Crippen LogP contribution in [0.3, 0.4) is 0 Å². The van der Waals surface area contributed by atoms with Crippen LogP contribution in [0.1, 0.15) is 6.42 Å². The average Bonchev–Trinajstić information content (AvgIpc) is 2.12. The SMILES string of the molecule is CP(C)(C)=NC1=CC=CC1. The van der Waals surface area contributed by atoms with Crippen LogP contribution in [0.2, 0.25) is 0 Å². The van der Waals surface area contributed by atoms with Gasteiger partial charge in [-0.25, -0.2) is 0 Å². The first-order valence-corrected chi connectivity index (χ1v) is 6.57. The molecule has 1 aliphatic carbocycles. The zero-order chi connectivity index (χ0) is 7.61. The molecule has 0 fully saturated rings. The molecule has 0 aromatic heterocycles. The third-order valence-corrected chi connectivity index (χ3v) is 2.04. The van der Waals surface area contributed by atoms with Crippen molar-refractivity contribution in [3.8, 4) is 0 Å². The number of rotatable bonds is 1. The van der Waals surface area contributed by atoms with Gasteiger partial charge in [0.2, 0.25) is 0 Å². The lowest BCUT2D eigenvalue weighted by molar-refractivity contribution is 1.21. The summed E-state index contributed by atoms with van der Waals surface area (Å²) in [6.07, 6.45) is 7.37. The highest BCUT2D eigenvalue weighted by molar-refractivity contribution is 7.64. The summed E-state index contributed by atoms with van der Waals surface area (Å²) in [4.78, 5) is 0. The van der Waals surface area contributed by atoms with Crippen molar-refractivity contribution in [3.63, 3.8) is 0 Å². The summed E-state index contributed by atoms with van der Waals surface area (Å²) in [7, 11) is -0.948. The van der Waals surface area contributed by atoms with Crippen molar-refractivity contribution in [2.75, 3.05) is 20.0 Å². The van der Waals surface area contributed by atoms with Crippen molar-refractivity contribution >= 4 is 7.05 Å². The van der Waals surface area contributed by atoms with E-state index in [1.807, 2.05) is 0 Å². The molecular weight excluding hydrogens is 141 g/mol. The van der Waals surface area contributed by atoms with Gasteiger partial charge in [-0.3, -0.25) is 4.74 Å². The Morgan fingerprint density at radius 1 is 1.40 bits per heavy atom. The van der Waals surface area contributed by atoms with Crippen molar-refractivity contribution in [2.45, 2.75) is 6.42 Å². The van der Waals surface area contributed by atoms with Crippen LogP contribution in [-0.4, -0.2) is 20.0 Å². The predicted octanol–water partition coefficient (Wildman–Crippen LogP) is 2.92. The van der Waals surface area contributed by atoms with E-state index >= 15 is 0 Å². The number of nitrogens with zero attached hydrogens (tertiary/aromatic N) is 1. The lowest BCUT2D eigenvalue weighted by atomic mass is 10.4. The van der Waals surface area contributed by atoms with Crippen LogP contribution in [0.5, 0.6) is 0 Å². The van der Waals surface area contributed by atoms with Crippen LogP contribution < -0.4 is 0 Å². The molecule has 1 rings (SSSR count). The minimum Gasteiger partial charge on any atom is -0.272 e. The monoisotopic (exact) mass is 155 g/mol. The first-order valence-electron chi connectivity index (χ1n) is 3.48. The molecule has 0 saturated heterocycles. The fraction of sp³-hybridized carbons (Fsp3) is 0.500. The normalized spacial score (nSPS) is 17.3. The van der Waals surface area contributed by atoms with E-state index in [4.69, 9.17) is 0 Å². The maximum absolute atomic E-state index is 4.62. The molecule has 0 unspecified atom stereocenters. The van der Waals surface area contributed by atoms with Crippen LogP contribution in [0.4, 0.5) is 0 Å². The predicted molar refractivity (Wildman–Crippen MR) is 49.0 cm³/mol. The maximum Gasteiger partial charge on any atom is 0.0424 e. The van der Waals surface area contributed by atoms with Crippen molar-refractivity contribution in [1.29, 1.82) is 0 Å². The Morgan fingerprint density at radius 3 is 2.50 bits per heavy atom. The summed E-state index contributed by atoms with van der Waals surface area (Å²) >= 11 is 0. The quantitative estimate of drug-likeness (QED) is 0.516. The molecule has 0 N–H and O–H groups in total. The van der Waals surface area contributed by atoms with Crippen LogP contribution >= 0.6 is 7.05 Å². The molecule has 0 amide bonds. The van der Waals surface area contributed by atoms with Gasteiger partial charge in [0.1, 0.15) is 0 Å². The van der Waals surface area contributed by atoms with Crippen LogP contribution in [0, 0.1) is 0 Å². The Bertz CT molecular complexity index is 221. The average molecular weight is 155 g/mol. The zero-order valence-electron chi connectivity index (χ0n) is 6.83. The first kappa shape index (κ1) is 7.81. The molecule has 0 spiro atoms. The third-order valence-electron chi connectivity index (χ3n) is 1.18. The van der Waals surface area contributed by atoms with Gasteiger partial charge in [0.05, 0.1) is 0 Å². The van der Waals surface area contributed by atoms with Gasteiger partial charge < -0.3 is 0 Å². The van der Waals surface area contributed by atoms with Gasteiger partial charge in [-0.15, -0.1) is 0 Å². The second-order valence-corrected chi connectivity index (χ2v) is 7.42. The zero-order valence-corrected chi connectivity index (χ0v) is 7.73. The van der Waals surface area contributed by atoms with E-state index in [1.165, 1.54) is 5.70 Å². The number of hydrogen-bond acceptors (Lipinski definition) is 1. The molecule has 0 heterocycles. The van der Waals surface area contributed by atoms with Gasteiger partial charge in [0.15, 0.2) is 0 Å². The Morgan fingerprint density at radius 2 is 2.10 bits per heavy atom. The fourth-order valence-electron chi connectivity index (χ4n) is 0.895. The lowest BCUT2D eigenvalue weighted by Crippen LogP contribution is -1.73. The standard InChI is InChI=1S/C8H14NP/c1-10(2,3)9-8-6-4-5-7-8/h4-6H,7H2,1-3H3. The second-order valence-electron chi connectivity index (χ2n) is 3.33. The highest BCUT2D eigenvalue weighted by Gasteiger charge is 1.99. The molecule has 56 valence electrons. The molecule has 0 aliphatic heterocycles. The van der Waals surface area contributed by atoms with Crippen molar-refractivity contribution in [2.24, 2.45) is 4.74 Å². The van der Waals surface area contributed by atoms with Crippen molar-refractivity contribution in [1.82, 2.24) is 0 Å². The molecule has 10 heavy (non-hydrogen) atoms. The molecule has 0 radical (unpaired) electrons. The Kier molecular flexibility index (Phi) is 2.15. The maximum atomic E-state index is 4.62. The highest BCUT2D eigenvalue weighted by Crippen LogP contribution is 2.38. The van der Waals surface area contributed by atoms with Crippen molar-refractivity contribution < 1.29 is 0 Å². The molecule has 2 heteroatoms. The van der Waals surface area contributed by atoms with Gasteiger partial charge in [-0.05, 0) is 33.1 Å². The molecule has 1 nitrogen and oxygen atoms in total. The summed E-state index contributed by atoms with van der Waals surface area (Å²) in [5.74, 6) is 0. The molecule has 0 bridgehead atoms. The van der Waals surface area contributed by atoms with Gasteiger partial charge in [0.25, 0.3) is 0 Å². The molecule has 0 atom stereocenters. The van der Waals surface area contributed by atoms with E-state index in [2.05, 4.69) is 43.0 Å². The van der Waals surface area contributed by atoms with E-state index in [1.54, 1.807) is 0 Å². The molecule has 0 aromatic carbocycles. The largest absolute Gasteiger partial charge is 0.272 e. The Hall–Kier alpha value is -0.290. The molecular formula is C8H14NP. The third kappa shape index (κ3) is 2.53.